The Morgan fingerprint density at radius 2 is 2.00 bits per heavy atom. The fraction of sp³-hybridized carbons (Fsp3) is 0.385. The number of nitrogens with one attached hydrogen (secondary N) is 1. The Labute approximate surface area is 120 Å². The zero-order chi connectivity index (χ0) is 13.4. The third-order valence-corrected chi connectivity index (χ3v) is 4.79. The van der Waals surface area contributed by atoms with Crippen LogP contribution in [0.1, 0.15) is 26.1 Å². The normalized spacial score (nSPS) is 11.5. The number of thiazole rings is 2. The van der Waals surface area contributed by atoms with Crippen LogP contribution in [0.5, 0.6) is 0 Å². The van der Waals surface area contributed by atoms with Gasteiger partial charge >= 0.3 is 0 Å². The lowest BCUT2D eigenvalue weighted by Gasteiger charge is -2.03. The Morgan fingerprint density at radius 3 is 2.74 bits per heavy atom. The maximum atomic E-state index is 4.59. The van der Waals surface area contributed by atoms with E-state index in [1.54, 1.807) is 22.7 Å². The van der Waals surface area contributed by atoms with Crippen LogP contribution in [0.4, 0.5) is 0 Å². The smallest absolute Gasteiger partial charge is 0.194 e. The van der Waals surface area contributed by atoms with Crippen molar-refractivity contribution in [2.75, 3.05) is 0 Å². The summed E-state index contributed by atoms with van der Waals surface area (Å²) in [6.45, 7) is 7.90. The molecule has 0 unspecified atom stereocenters. The van der Waals surface area contributed by atoms with Crippen LogP contribution in [0.25, 0.3) is 4.96 Å². The van der Waals surface area contributed by atoms with Gasteiger partial charge in [0, 0.05) is 35.2 Å². The molecule has 3 heterocycles. The maximum absolute atomic E-state index is 4.59. The first-order valence-electron chi connectivity index (χ1n) is 6.19. The molecule has 4 nitrogen and oxygen atoms in total. The van der Waals surface area contributed by atoms with Gasteiger partial charge in [0.05, 0.1) is 11.4 Å². The Hall–Kier alpha value is -1.24. The van der Waals surface area contributed by atoms with Gasteiger partial charge in [-0.2, -0.15) is 0 Å². The summed E-state index contributed by atoms with van der Waals surface area (Å²) in [6, 6.07) is 0. The average Bonchev–Trinajstić information content (AvgIpc) is 2.97. The topological polar surface area (TPSA) is 42.2 Å². The largest absolute Gasteiger partial charge is 0.305 e. The van der Waals surface area contributed by atoms with E-state index in [4.69, 9.17) is 0 Å². The summed E-state index contributed by atoms with van der Waals surface area (Å²) in [5, 5.41) is 4.59. The Bertz CT molecular complexity index is 707. The minimum atomic E-state index is 0.814. The zero-order valence-corrected chi connectivity index (χ0v) is 12.9. The monoisotopic (exact) mass is 292 g/mol. The molecule has 0 aliphatic rings. The lowest BCUT2D eigenvalue weighted by atomic mass is 10.3. The molecule has 0 bridgehead atoms. The molecule has 0 amide bonds. The highest BCUT2D eigenvalue weighted by atomic mass is 32.1. The fourth-order valence-electron chi connectivity index (χ4n) is 2.09. The minimum absolute atomic E-state index is 0.814. The molecular formula is C13H16N4S2. The van der Waals surface area contributed by atoms with Gasteiger partial charge in [-0.3, -0.25) is 4.40 Å². The van der Waals surface area contributed by atoms with Crippen LogP contribution in [0, 0.1) is 20.8 Å². The first-order chi connectivity index (χ1) is 9.13. The van der Waals surface area contributed by atoms with Gasteiger partial charge in [0.25, 0.3) is 0 Å². The average molecular weight is 292 g/mol. The van der Waals surface area contributed by atoms with Crippen molar-refractivity contribution >= 4 is 27.6 Å². The van der Waals surface area contributed by atoms with Crippen LogP contribution in [-0.4, -0.2) is 14.4 Å². The van der Waals surface area contributed by atoms with Crippen LogP contribution in [-0.2, 0) is 13.1 Å². The van der Waals surface area contributed by atoms with E-state index in [2.05, 4.69) is 46.7 Å². The highest BCUT2D eigenvalue weighted by Gasteiger charge is 2.10. The number of aromatic nitrogens is 3. The van der Waals surface area contributed by atoms with Crippen molar-refractivity contribution in [1.82, 2.24) is 19.7 Å². The third-order valence-electron chi connectivity index (χ3n) is 2.98. The molecule has 0 aliphatic carbocycles. The van der Waals surface area contributed by atoms with Gasteiger partial charge < -0.3 is 5.32 Å². The van der Waals surface area contributed by atoms with Crippen molar-refractivity contribution in [2.24, 2.45) is 0 Å². The molecule has 3 rings (SSSR count). The number of hydrogen-bond acceptors (Lipinski definition) is 5. The molecule has 0 saturated carbocycles. The van der Waals surface area contributed by atoms with Gasteiger partial charge in [0.2, 0.25) is 0 Å². The molecule has 19 heavy (non-hydrogen) atoms. The Balaban J connectivity index is 1.72. The predicted molar refractivity (Wildman–Crippen MR) is 79.9 cm³/mol. The number of rotatable bonds is 4. The zero-order valence-electron chi connectivity index (χ0n) is 11.2. The lowest BCUT2D eigenvalue weighted by molar-refractivity contribution is 0.670. The molecular weight excluding hydrogens is 276 g/mol. The van der Waals surface area contributed by atoms with Gasteiger partial charge in [-0.25, -0.2) is 9.97 Å². The molecule has 0 radical (unpaired) electrons. The van der Waals surface area contributed by atoms with Crippen LogP contribution >= 0.6 is 22.7 Å². The van der Waals surface area contributed by atoms with Crippen LogP contribution in [0.15, 0.2) is 12.4 Å². The van der Waals surface area contributed by atoms with E-state index in [1.165, 1.54) is 15.4 Å². The van der Waals surface area contributed by atoms with E-state index < -0.39 is 0 Å². The molecule has 0 aliphatic heterocycles. The Kier molecular flexibility index (Phi) is 3.38. The summed E-state index contributed by atoms with van der Waals surface area (Å²) < 4.78 is 2.19. The number of fused-ring (bicyclic) bond motifs is 1. The standard InChI is InChI=1S/C13H16N4S2/c1-8-4-15-12(18-8)6-14-5-11-10(3)16-13-17(11)7-9(2)19-13/h4,7,14H,5-6H2,1-3H3. The molecule has 3 aromatic rings. The van der Waals surface area contributed by atoms with Crippen molar-refractivity contribution in [3.63, 3.8) is 0 Å². The quantitative estimate of drug-likeness (QED) is 0.803. The molecule has 3 aromatic heterocycles. The molecule has 0 spiro atoms. The second kappa shape index (κ2) is 5.03. The second-order valence-corrected chi connectivity index (χ2v) is 7.14. The van der Waals surface area contributed by atoms with Crippen molar-refractivity contribution < 1.29 is 0 Å². The highest BCUT2D eigenvalue weighted by molar-refractivity contribution is 7.17. The van der Waals surface area contributed by atoms with Gasteiger partial charge in [-0.05, 0) is 20.8 Å². The van der Waals surface area contributed by atoms with E-state index in [0.717, 1.165) is 28.8 Å². The van der Waals surface area contributed by atoms with Gasteiger partial charge in [-0.1, -0.05) is 0 Å². The van der Waals surface area contributed by atoms with E-state index in [-0.39, 0.29) is 0 Å². The van der Waals surface area contributed by atoms with Gasteiger partial charge in [0.1, 0.15) is 5.01 Å². The van der Waals surface area contributed by atoms with Gasteiger partial charge in [-0.15, -0.1) is 22.7 Å². The SMILES string of the molecule is Cc1cnc(CNCc2c(C)nc3sc(C)cn23)s1. The van der Waals surface area contributed by atoms with E-state index in [0.29, 0.717) is 0 Å². The van der Waals surface area contributed by atoms with Crippen LogP contribution in [0.2, 0.25) is 0 Å². The number of aryl methyl sites for hydroxylation is 3. The maximum Gasteiger partial charge on any atom is 0.194 e. The van der Waals surface area contributed by atoms with Crippen molar-refractivity contribution in [3.05, 3.63) is 38.5 Å². The molecule has 0 saturated heterocycles. The van der Waals surface area contributed by atoms with Crippen molar-refractivity contribution in [2.45, 2.75) is 33.9 Å². The van der Waals surface area contributed by atoms with Gasteiger partial charge in [0.15, 0.2) is 4.96 Å². The highest BCUT2D eigenvalue weighted by Crippen LogP contribution is 2.20. The molecule has 0 atom stereocenters. The number of hydrogen-bond donors (Lipinski definition) is 1. The van der Waals surface area contributed by atoms with E-state index in [1.807, 2.05) is 6.20 Å². The number of imidazole rings is 1. The summed E-state index contributed by atoms with van der Waals surface area (Å²) in [7, 11) is 0. The second-order valence-electron chi connectivity index (χ2n) is 4.61. The fourth-order valence-corrected chi connectivity index (χ4v) is 3.74. The van der Waals surface area contributed by atoms with Crippen LogP contribution in [0.3, 0.4) is 0 Å². The predicted octanol–water partition coefficient (Wildman–Crippen LogP) is 3.07. The summed E-state index contributed by atoms with van der Waals surface area (Å²) in [5.74, 6) is 0. The van der Waals surface area contributed by atoms with E-state index in [9.17, 15) is 0 Å². The Morgan fingerprint density at radius 1 is 1.16 bits per heavy atom. The summed E-state index contributed by atoms with van der Waals surface area (Å²) in [4.78, 5) is 12.6. The first kappa shape index (κ1) is 12.8. The molecule has 1 N–H and O–H groups in total. The third kappa shape index (κ3) is 2.56. The molecule has 0 fully saturated rings. The summed E-state index contributed by atoms with van der Waals surface area (Å²) in [6.07, 6.45) is 4.08. The minimum Gasteiger partial charge on any atom is -0.305 e. The summed E-state index contributed by atoms with van der Waals surface area (Å²) >= 11 is 3.48. The van der Waals surface area contributed by atoms with Crippen LogP contribution < -0.4 is 5.32 Å². The summed E-state index contributed by atoms with van der Waals surface area (Å²) in [5.41, 5.74) is 2.35. The molecule has 6 heteroatoms. The lowest BCUT2D eigenvalue weighted by Crippen LogP contribution is -2.14. The molecule has 0 aromatic carbocycles. The van der Waals surface area contributed by atoms with E-state index >= 15 is 0 Å². The molecule has 100 valence electrons. The van der Waals surface area contributed by atoms with Crippen molar-refractivity contribution in [3.8, 4) is 0 Å². The van der Waals surface area contributed by atoms with Crippen molar-refractivity contribution in [1.29, 1.82) is 0 Å². The first-order valence-corrected chi connectivity index (χ1v) is 7.83. The number of nitrogens with zero attached hydrogens (tertiary/aromatic N) is 3.